The molecule has 0 spiro atoms. The van der Waals surface area contributed by atoms with Crippen LogP contribution in [0, 0.1) is 0 Å². The molecule has 1 aliphatic heterocycles. The zero-order chi connectivity index (χ0) is 25.5. The van der Waals surface area contributed by atoms with Crippen LogP contribution in [0.25, 0.3) is 10.6 Å². The molecule has 1 fully saturated rings. The van der Waals surface area contributed by atoms with E-state index in [4.69, 9.17) is 11.6 Å². The Morgan fingerprint density at radius 2 is 2.00 bits per heavy atom. The molecule has 0 amide bonds. The zero-order valence-electron chi connectivity index (χ0n) is 19.1. The molecule has 0 radical (unpaired) electrons. The smallest absolute Gasteiger partial charge is 0.370 e. The van der Waals surface area contributed by atoms with Gasteiger partial charge in [-0.05, 0) is 44.8 Å². The Morgan fingerprint density at radius 1 is 1.26 bits per heavy atom. The summed E-state index contributed by atoms with van der Waals surface area (Å²) in [5.41, 5.74) is -0.0800. The molecule has 1 aromatic carbocycles. The van der Waals surface area contributed by atoms with Crippen molar-refractivity contribution in [2.45, 2.75) is 23.5 Å². The molecular formula is C22H23ClF3N5O2S2. The number of hydrogen-bond acceptors (Lipinski definition) is 8. The topological polar surface area (TPSA) is 78.4 Å². The van der Waals surface area contributed by atoms with Gasteiger partial charge < -0.3 is 15.1 Å². The second-order valence-corrected chi connectivity index (χ2v) is 11.8. The van der Waals surface area contributed by atoms with Crippen molar-refractivity contribution in [1.82, 2.24) is 14.9 Å². The summed E-state index contributed by atoms with van der Waals surface area (Å²) < 4.78 is 64.5. The monoisotopic (exact) mass is 545 g/mol. The van der Waals surface area contributed by atoms with Gasteiger partial charge in [0, 0.05) is 42.7 Å². The van der Waals surface area contributed by atoms with Gasteiger partial charge >= 0.3 is 6.18 Å². The van der Waals surface area contributed by atoms with E-state index in [1.165, 1.54) is 11.4 Å². The lowest BCUT2D eigenvalue weighted by Crippen LogP contribution is -2.31. The van der Waals surface area contributed by atoms with Crippen LogP contribution in [0.1, 0.15) is 12.0 Å². The number of nitrogens with one attached hydrogen (secondary N) is 1. The molecule has 4 rings (SSSR count). The summed E-state index contributed by atoms with van der Waals surface area (Å²) in [5.74, 6) is -0.0919. The summed E-state index contributed by atoms with van der Waals surface area (Å²) in [6, 6.07) is 7.04. The third kappa shape index (κ3) is 5.71. The quantitative estimate of drug-likeness (QED) is 0.458. The van der Waals surface area contributed by atoms with Crippen LogP contribution in [0.5, 0.6) is 0 Å². The SMILES string of the molecule is CN(C)C1CCN(c2ccc(Nc3ncc(C(F)(F)F)c(-c4cc(S(C)(=O)=O)cs4)n3)c(Cl)c2)C1. The minimum Gasteiger partial charge on any atom is -0.370 e. The lowest BCUT2D eigenvalue weighted by atomic mass is 10.2. The zero-order valence-corrected chi connectivity index (χ0v) is 21.5. The van der Waals surface area contributed by atoms with Gasteiger partial charge in [0.25, 0.3) is 0 Å². The molecule has 1 unspecified atom stereocenters. The number of nitrogens with zero attached hydrogens (tertiary/aromatic N) is 4. The molecule has 1 atom stereocenters. The van der Waals surface area contributed by atoms with Gasteiger partial charge in [-0.2, -0.15) is 13.2 Å². The Hall–Kier alpha value is -2.41. The number of aromatic nitrogens is 2. The molecule has 188 valence electrons. The van der Waals surface area contributed by atoms with Crippen LogP contribution >= 0.6 is 22.9 Å². The number of anilines is 3. The first-order chi connectivity index (χ1) is 16.3. The Balaban J connectivity index is 1.63. The molecule has 3 heterocycles. The summed E-state index contributed by atoms with van der Waals surface area (Å²) >= 11 is 7.33. The minimum atomic E-state index is -4.72. The van der Waals surface area contributed by atoms with Gasteiger partial charge in [0.15, 0.2) is 9.84 Å². The fraction of sp³-hybridized carbons (Fsp3) is 0.364. The van der Waals surface area contributed by atoms with Gasteiger partial charge in [0.2, 0.25) is 5.95 Å². The van der Waals surface area contributed by atoms with E-state index in [1.807, 2.05) is 20.2 Å². The minimum absolute atomic E-state index is 0.0640. The average molecular weight is 546 g/mol. The average Bonchev–Trinajstić information content (AvgIpc) is 3.44. The largest absolute Gasteiger partial charge is 0.420 e. The molecule has 13 heteroatoms. The number of hydrogen-bond donors (Lipinski definition) is 1. The van der Waals surface area contributed by atoms with E-state index in [1.54, 1.807) is 12.1 Å². The molecule has 1 aliphatic rings. The molecule has 0 saturated carbocycles. The fourth-order valence-corrected chi connectivity index (χ4v) is 6.04. The highest BCUT2D eigenvalue weighted by molar-refractivity contribution is 7.90. The molecule has 3 aromatic rings. The van der Waals surface area contributed by atoms with E-state index < -0.39 is 27.3 Å². The Morgan fingerprint density at radius 3 is 2.57 bits per heavy atom. The second kappa shape index (κ2) is 9.57. The summed E-state index contributed by atoms with van der Waals surface area (Å²) in [6.07, 6.45) is -2.01. The fourth-order valence-electron chi connectivity index (χ4n) is 3.80. The first-order valence-corrected chi connectivity index (χ1v) is 13.7. The van der Waals surface area contributed by atoms with E-state index in [2.05, 4.69) is 25.1 Å². The lowest BCUT2D eigenvalue weighted by molar-refractivity contribution is -0.137. The van der Waals surface area contributed by atoms with E-state index in [0.717, 1.165) is 42.8 Å². The van der Waals surface area contributed by atoms with Crippen molar-refractivity contribution >= 4 is 50.1 Å². The van der Waals surface area contributed by atoms with Gasteiger partial charge in [0.1, 0.15) is 5.56 Å². The molecule has 0 bridgehead atoms. The van der Waals surface area contributed by atoms with Crippen molar-refractivity contribution in [2.24, 2.45) is 0 Å². The molecular weight excluding hydrogens is 523 g/mol. The highest BCUT2D eigenvalue weighted by Crippen LogP contribution is 2.39. The molecule has 7 nitrogen and oxygen atoms in total. The molecule has 0 aliphatic carbocycles. The van der Waals surface area contributed by atoms with Gasteiger partial charge in [-0.15, -0.1) is 11.3 Å². The Bertz CT molecular complexity index is 1350. The maximum absolute atomic E-state index is 13.6. The van der Waals surface area contributed by atoms with Crippen LogP contribution in [-0.2, 0) is 16.0 Å². The van der Waals surface area contributed by atoms with Crippen LogP contribution in [0.2, 0.25) is 5.02 Å². The van der Waals surface area contributed by atoms with Crippen LogP contribution in [-0.4, -0.2) is 62.8 Å². The number of alkyl halides is 3. The Labute approximate surface area is 210 Å². The first kappa shape index (κ1) is 25.7. The van der Waals surface area contributed by atoms with Crippen molar-refractivity contribution < 1.29 is 21.6 Å². The second-order valence-electron chi connectivity index (χ2n) is 8.51. The molecule has 2 aromatic heterocycles. The number of halogens is 4. The number of likely N-dealkylation sites (N-methyl/N-ethyl adjacent to an activating group) is 1. The number of sulfone groups is 1. The maximum atomic E-state index is 13.6. The van der Waals surface area contributed by atoms with Crippen LogP contribution < -0.4 is 10.2 Å². The number of thiophene rings is 1. The predicted molar refractivity (Wildman–Crippen MR) is 132 cm³/mol. The highest BCUT2D eigenvalue weighted by Gasteiger charge is 2.36. The first-order valence-electron chi connectivity index (χ1n) is 10.5. The van der Waals surface area contributed by atoms with Crippen molar-refractivity contribution in [3.63, 3.8) is 0 Å². The molecule has 1 N–H and O–H groups in total. The highest BCUT2D eigenvalue weighted by atomic mass is 35.5. The van der Waals surface area contributed by atoms with E-state index in [9.17, 15) is 21.6 Å². The van der Waals surface area contributed by atoms with Crippen LogP contribution in [0.15, 0.2) is 40.7 Å². The standard InChI is InChI=1S/C22H23ClF3N5O2S2/c1-30(2)14-6-7-31(11-14)13-4-5-18(17(23)8-13)28-21-27-10-16(22(24,25)26)20(29-21)19-9-15(12-34-19)35(3,32)33/h4-5,8-10,12,14H,6-7,11H2,1-3H3,(H,27,28,29). The molecule has 35 heavy (non-hydrogen) atoms. The number of benzene rings is 1. The summed E-state index contributed by atoms with van der Waals surface area (Å²) in [4.78, 5) is 12.3. The third-order valence-electron chi connectivity index (χ3n) is 5.79. The lowest BCUT2D eigenvalue weighted by Gasteiger charge is -2.22. The summed E-state index contributed by atoms with van der Waals surface area (Å²) in [7, 11) is 0.516. The maximum Gasteiger partial charge on any atom is 0.420 e. The summed E-state index contributed by atoms with van der Waals surface area (Å²) in [5, 5.41) is 4.54. The summed E-state index contributed by atoms with van der Waals surface area (Å²) in [6.45, 7) is 1.77. The Kier molecular flexibility index (Phi) is 7.02. The van der Waals surface area contributed by atoms with E-state index in [0.29, 0.717) is 22.9 Å². The van der Waals surface area contributed by atoms with E-state index >= 15 is 0 Å². The van der Waals surface area contributed by atoms with Crippen LogP contribution in [0.3, 0.4) is 0 Å². The van der Waals surface area contributed by atoms with E-state index in [-0.39, 0.29) is 15.7 Å². The van der Waals surface area contributed by atoms with Crippen molar-refractivity contribution in [1.29, 1.82) is 0 Å². The van der Waals surface area contributed by atoms with Gasteiger partial charge in [-0.1, -0.05) is 11.6 Å². The molecule has 1 saturated heterocycles. The van der Waals surface area contributed by atoms with Crippen molar-refractivity contribution in [3.05, 3.63) is 46.4 Å². The number of rotatable bonds is 6. The van der Waals surface area contributed by atoms with Crippen molar-refractivity contribution in [2.75, 3.05) is 43.7 Å². The van der Waals surface area contributed by atoms with Gasteiger partial charge in [-0.3, -0.25) is 0 Å². The van der Waals surface area contributed by atoms with Gasteiger partial charge in [-0.25, -0.2) is 18.4 Å². The van der Waals surface area contributed by atoms with Crippen LogP contribution in [0.4, 0.5) is 30.5 Å². The normalized spacial score (nSPS) is 16.8. The third-order valence-corrected chi connectivity index (χ3v) is 8.28. The predicted octanol–water partition coefficient (Wildman–Crippen LogP) is 5.16. The van der Waals surface area contributed by atoms with Gasteiger partial charge in [0.05, 0.1) is 26.2 Å². The van der Waals surface area contributed by atoms with Crippen molar-refractivity contribution in [3.8, 4) is 10.6 Å².